The van der Waals surface area contributed by atoms with E-state index in [1.807, 2.05) is 38.1 Å². The Hall–Kier alpha value is -1.51. The van der Waals surface area contributed by atoms with E-state index in [2.05, 4.69) is 24.5 Å². The van der Waals surface area contributed by atoms with Crippen molar-refractivity contribution in [2.75, 3.05) is 5.32 Å². The topological polar surface area (TPSA) is 41.1 Å². The average Bonchev–Trinajstić information content (AvgIpc) is 2.26. The van der Waals surface area contributed by atoms with Crippen molar-refractivity contribution in [2.24, 2.45) is 5.92 Å². The Bertz CT molecular complexity index is 388. The molecule has 0 aliphatic carbocycles. The molecule has 0 aliphatic heterocycles. The standard InChI is InChI=1S/C15H24N2O/c1-11(2)8-9-13(4)16-15(18)17-14-7-5-6-12(3)10-14/h5-7,10-11,13H,8-9H2,1-4H3,(H2,16,17,18). The summed E-state index contributed by atoms with van der Waals surface area (Å²) in [6.07, 6.45) is 2.14. The van der Waals surface area contributed by atoms with Gasteiger partial charge in [-0.2, -0.15) is 0 Å². The lowest BCUT2D eigenvalue weighted by atomic mass is 10.0. The first-order chi connectivity index (χ1) is 8.47. The second-order valence-corrected chi connectivity index (χ2v) is 5.34. The lowest BCUT2D eigenvalue weighted by molar-refractivity contribution is 0.248. The normalized spacial score (nSPS) is 12.3. The zero-order valence-corrected chi connectivity index (χ0v) is 11.8. The first kappa shape index (κ1) is 14.6. The summed E-state index contributed by atoms with van der Waals surface area (Å²) in [6, 6.07) is 7.87. The van der Waals surface area contributed by atoms with Crippen molar-refractivity contribution in [1.29, 1.82) is 0 Å². The summed E-state index contributed by atoms with van der Waals surface area (Å²) in [4.78, 5) is 11.8. The predicted octanol–water partition coefficient (Wildman–Crippen LogP) is 3.94. The van der Waals surface area contributed by atoms with Crippen molar-refractivity contribution in [1.82, 2.24) is 5.32 Å². The third-order valence-corrected chi connectivity index (χ3v) is 2.83. The molecule has 0 heterocycles. The van der Waals surface area contributed by atoms with Gasteiger partial charge in [-0.15, -0.1) is 0 Å². The Balaban J connectivity index is 2.37. The van der Waals surface area contributed by atoms with Gasteiger partial charge in [-0.3, -0.25) is 0 Å². The smallest absolute Gasteiger partial charge is 0.319 e. The maximum Gasteiger partial charge on any atom is 0.319 e. The summed E-state index contributed by atoms with van der Waals surface area (Å²) in [5.74, 6) is 0.675. The summed E-state index contributed by atoms with van der Waals surface area (Å²) in [5.41, 5.74) is 1.98. The minimum absolute atomic E-state index is 0.128. The van der Waals surface area contributed by atoms with E-state index in [0.717, 1.165) is 24.1 Å². The highest BCUT2D eigenvalue weighted by Gasteiger charge is 2.08. The third kappa shape index (κ3) is 5.71. The zero-order chi connectivity index (χ0) is 13.5. The van der Waals surface area contributed by atoms with Gasteiger partial charge in [0, 0.05) is 11.7 Å². The molecule has 0 aliphatic rings. The van der Waals surface area contributed by atoms with Crippen LogP contribution in [0.25, 0.3) is 0 Å². The van der Waals surface area contributed by atoms with E-state index >= 15 is 0 Å². The van der Waals surface area contributed by atoms with Crippen LogP contribution in [0.5, 0.6) is 0 Å². The largest absolute Gasteiger partial charge is 0.335 e. The number of hydrogen-bond acceptors (Lipinski definition) is 1. The number of carbonyl (C=O) groups excluding carboxylic acids is 1. The van der Waals surface area contributed by atoms with E-state index in [0.29, 0.717) is 5.92 Å². The quantitative estimate of drug-likeness (QED) is 0.814. The van der Waals surface area contributed by atoms with Crippen LogP contribution in [0.3, 0.4) is 0 Å². The van der Waals surface area contributed by atoms with Gasteiger partial charge in [0.15, 0.2) is 0 Å². The number of benzene rings is 1. The Morgan fingerprint density at radius 2 is 1.94 bits per heavy atom. The molecule has 0 aromatic heterocycles. The van der Waals surface area contributed by atoms with Crippen LogP contribution in [0, 0.1) is 12.8 Å². The molecule has 0 saturated carbocycles. The molecule has 2 amide bonds. The fourth-order valence-corrected chi connectivity index (χ4v) is 1.77. The summed E-state index contributed by atoms with van der Waals surface area (Å²) in [6.45, 7) is 8.44. The summed E-state index contributed by atoms with van der Waals surface area (Å²) in [7, 11) is 0. The van der Waals surface area contributed by atoms with E-state index in [1.165, 1.54) is 0 Å². The van der Waals surface area contributed by atoms with Crippen LogP contribution >= 0.6 is 0 Å². The molecule has 3 nitrogen and oxygen atoms in total. The van der Waals surface area contributed by atoms with Crippen molar-refractivity contribution in [2.45, 2.75) is 46.6 Å². The van der Waals surface area contributed by atoms with Crippen molar-refractivity contribution >= 4 is 11.7 Å². The van der Waals surface area contributed by atoms with E-state index in [-0.39, 0.29) is 12.1 Å². The fraction of sp³-hybridized carbons (Fsp3) is 0.533. The minimum atomic E-state index is -0.128. The molecule has 1 unspecified atom stereocenters. The van der Waals surface area contributed by atoms with Crippen LogP contribution in [0.2, 0.25) is 0 Å². The molecule has 0 saturated heterocycles. The van der Waals surface area contributed by atoms with Crippen molar-refractivity contribution in [3.63, 3.8) is 0 Å². The molecule has 0 fully saturated rings. The van der Waals surface area contributed by atoms with Gasteiger partial charge in [-0.05, 0) is 50.3 Å². The molecule has 1 rings (SSSR count). The lowest BCUT2D eigenvalue weighted by Crippen LogP contribution is -2.36. The molecule has 3 heteroatoms. The SMILES string of the molecule is Cc1cccc(NC(=O)NC(C)CCC(C)C)c1. The Morgan fingerprint density at radius 1 is 1.22 bits per heavy atom. The Kier molecular flexibility index (Phi) is 5.69. The first-order valence-corrected chi connectivity index (χ1v) is 6.61. The molecule has 1 aromatic carbocycles. The highest BCUT2D eigenvalue weighted by molar-refractivity contribution is 5.89. The van der Waals surface area contributed by atoms with E-state index < -0.39 is 0 Å². The molecule has 18 heavy (non-hydrogen) atoms. The third-order valence-electron chi connectivity index (χ3n) is 2.83. The summed E-state index contributed by atoms with van der Waals surface area (Å²) in [5, 5.41) is 5.80. The molecule has 1 atom stereocenters. The molecular weight excluding hydrogens is 224 g/mol. The number of anilines is 1. The number of carbonyl (C=O) groups is 1. The monoisotopic (exact) mass is 248 g/mol. The van der Waals surface area contributed by atoms with Crippen LogP contribution in [-0.4, -0.2) is 12.1 Å². The van der Waals surface area contributed by atoms with Gasteiger partial charge in [0.1, 0.15) is 0 Å². The summed E-state index contributed by atoms with van der Waals surface area (Å²) < 4.78 is 0. The molecule has 100 valence electrons. The lowest BCUT2D eigenvalue weighted by Gasteiger charge is -2.15. The maximum absolute atomic E-state index is 11.8. The number of amides is 2. The highest BCUT2D eigenvalue weighted by atomic mass is 16.2. The van der Waals surface area contributed by atoms with Crippen LogP contribution in [0.15, 0.2) is 24.3 Å². The van der Waals surface area contributed by atoms with Crippen LogP contribution < -0.4 is 10.6 Å². The van der Waals surface area contributed by atoms with E-state index in [9.17, 15) is 4.79 Å². The Labute approximate surface area is 110 Å². The molecule has 0 spiro atoms. The zero-order valence-electron chi connectivity index (χ0n) is 11.8. The molecule has 0 radical (unpaired) electrons. The number of nitrogens with one attached hydrogen (secondary N) is 2. The number of aryl methyl sites for hydroxylation is 1. The van der Waals surface area contributed by atoms with Crippen molar-refractivity contribution < 1.29 is 4.79 Å². The van der Waals surface area contributed by atoms with E-state index in [4.69, 9.17) is 0 Å². The van der Waals surface area contributed by atoms with Crippen LogP contribution in [0.4, 0.5) is 10.5 Å². The van der Waals surface area contributed by atoms with Gasteiger partial charge in [-0.25, -0.2) is 4.79 Å². The van der Waals surface area contributed by atoms with Crippen molar-refractivity contribution in [3.05, 3.63) is 29.8 Å². The molecule has 2 N–H and O–H groups in total. The molecule has 1 aromatic rings. The fourth-order valence-electron chi connectivity index (χ4n) is 1.77. The highest BCUT2D eigenvalue weighted by Crippen LogP contribution is 2.10. The van der Waals surface area contributed by atoms with Gasteiger partial charge >= 0.3 is 6.03 Å². The van der Waals surface area contributed by atoms with Crippen LogP contribution in [0.1, 0.15) is 39.2 Å². The van der Waals surface area contributed by atoms with Gasteiger partial charge < -0.3 is 10.6 Å². The van der Waals surface area contributed by atoms with Crippen LogP contribution in [-0.2, 0) is 0 Å². The number of rotatable bonds is 5. The average molecular weight is 248 g/mol. The second kappa shape index (κ2) is 7.04. The minimum Gasteiger partial charge on any atom is -0.335 e. The van der Waals surface area contributed by atoms with Gasteiger partial charge in [0.25, 0.3) is 0 Å². The second-order valence-electron chi connectivity index (χ2n) is 5.34. The van der Waals surface area contributed by atoms with Gasteiger partial charge in [0.2, 0.25) is 0 Å². The predicted molar refractivity (Wildman–Crippen MR) is 76.9 cm³/mol. The number of hydrogen-bond donors (Lipinski definition) is 2. The maximum atomic E-state index is 11.8. The van der Waals surface area contributed by atoms with Gasteiger partial charge in [0.05, 0.1) is 0 Å². The molecular formula is C15H24N2O. The Morgan fingerprint density at radius 3 is 2.56 bits per heavy atom. The van der Waals surface area contributed by atoms with Gasteiger partial charge in [-0.1, -0.05) is 26.0 Å². The van der Waals surface area contributed by atoms with E-state index in [1.54, 1.807) is 0 Å². The molecule has 0 bridgehead atoms. The number of urea groups is 1. The summed E-state index contributed by atoms with van der Waals surface area (Å²) >= 11 is 0. The van der Waals surface area contributed by atoms with Crippen molar-refractivity contribution in [3.8, 4) is 0 Å². The first-order valence-electron chi connectivity index (χ1n) is 6.61.